The predicted molar refractivity (Wildman–Crippen MR) is 132 cm³/mol. The van der Waals surface area contributed by atoms with Crippen LogP contribution in [0.15, 0.2) is 0 Å². The van der Waals surface area contributed by atoms with Crippen molar-refractivity contribution in [2.24, 2.45) is 56.7 Å². The van der Waals surface area contributed by atoms with E-state index in [4.69, 9.17) is 0 Å². The van der Waals surface area contributed by atoms with Crippen LogP contribution < -0.4 is 0 Å². The van der Waals surface area contributed by atoms with Crippen molar-refractivity contribution in [3.63, 3.8) is 0 Å². The largest absolute Gasteiger partial charge is 0.393 e. The average Bonchev–Trinajstić information content (AvgIpc) is 3.00. The van der Waals surface area contributed by atoms with E-state index < -0.39 is 5.60 Å². The lowest BCUT2D eigenvalue weighted by Crippen LogP contribution is -2.69. The van der Waals surface area contributed by atoms with E-state index in [9.17, 15) is 10.2 Å². The van der Waals surface area contributed by atoms with Crippen molar-refractivity contribution in [3.8, 4) is 0 Å². The number of hydrogen-bond donors (Lipinski definition) is 2. The predicted octanol–water partition coefficient (Wildman–Crippen LogP) is 7.22. The van der Waals surface area contributed by atoms with Crippen LogP contribution in [0.4, 0.5) is 0 Å². The zero-order valence-electron chi connectivity index (χ0n) is 22.4. The number of aliphatic hydroxyl groups excluding tert-OH is 1. The van der Waals surface area contributed by atoms with Gasteiger partial charge in [-0.05, 0) is 128 Å². The summed E-state index contributed by atoms with van der Waals surface area (Å²) in [5, 5.41) is 23.0. The van der Waals surface area contributed by atoms with E-state index in [2.05, 4.69) is 41.5 Å². The topological polar surface area (TPSA) is 40.5 Å². The van der Waals surface area contributed by atoms with Crippen LogP contribution in [0, 0.1) is 56.7 Å². The van der Waals surface area contributed by atoms with E-state index in [1.165, 1.54) is 51.4 Å². The quantitative estimate of drug-likeness (QED) is 0.448. The second-order valence-corrected chi connectivity index (χ2v) is 15.6. The molecule has 184 valence electrons. The van der Waals surface area contributed by atoms with Crippen LogP contribution in [0.5, 0.6) is 0 Å². The molecule has 10 atom stereocenters. The minimum absolute atomic E-state index is 0.170. The lowest BCUT2D eigenvalue weighted by atomic mass is 9.31. The lowest BCUT2D eigenvalue weighted by molar-refractivity contribution is -0.274. The maximum atomic E-state index is 12.0. The summed E-state index contributed by atoms with van der Waals surface area (Å²) in [5.74, 6) is 2.77. The van der Waals surface area contributed by atoms with Crippen LogP contribution in [0.3, 0.4) is 0 Å². The first kappa shape index (κ1) is 23.7. The molecule has 0 aliphatic heterocycles. The molecule has 0 heterocycles. The zero-order chi connectivity index (χ0) is 23.5. The van der Waals surface area contributed by atoms with Gasteiger partial charge in [0, 0.05) is 0 Å². The number of aliphatic hydroxyl groups is 2. The first-order valence-electron chi connectivity index (χ1n) is 14.0. The number of fused-ring (bicyclic) bond motifs is 7. The van der Waals surface area contributed by atoms with Gasteiger partial charge in [-0.25, -0.2) is 0 Å². The van der Waals surface area contributed by atoms with Crippen molar-refractivity contribution in [2.45, 2.75) is 131 Å². The smallest absolute Gasteiger partial charge is 0.0622 e. The summed E-state index contributed by atoms with van der Waals surface area (Å²) < 4.78 is 0. The summed E-state index contributed by atoms with van der Waals surface area (Å²) in [4.78, 5) is 0. The van der Waals surface area contributed by atoms with Crippen LogP contribution in [-0.2, 0) is 0 Å². The fourth-order valence-corrected chi connectivity index (χ4v) is 12.2. The molecule has 0 radical (unpaired) electrons. The second kappa shape index (κ2) is 6.77. The molecule has 0 aromatic rings. The Morgan fingerprint density at radius 1 is 0.719 bits per heavy atom. The lowest BCUT2D eigenvalue weighted by Gasteiger charge is -2.74. The molecule has 32 heavy (non-hydrogen) atoms. The Kier molecular flexibility index (Phi) is 5.01. The van der Waals surface area contributed by atoms with Gasteiger partial charge >= 0.3 is 0 Å². The Hall–Kier alpha value is -0.0800. The molecule has 0 aromatic heterocycles. The Balaban J connectivity index is 1.56. The first-order chi connectivity index (χ1) is 14.6. The minimum Gasteiger partial charge on any atom is -0.393 e. The van der Waals surface area contributed by atoms with Crippen molar-refractivity contribution in [3.05, 3.63) is 0 Å². The van der Waals surface area contributed by atoms with Crippen LogP contribution in [-0.4, -0.2) is 21.9 Å². The molecule has 2 nitrogen and oxygen atoms in total. The van der Waals surface area contributed by atoms with Gasteiger partial charge in [0.15, 0.2) is 0 Å². The fraction of sp³-hybridized carbons (Fsp3) is 1.00. The summed E-state index contributed by atoms with van der Waals surface area (Å²) in [6.45, 7) is 19.5. The van der Waals surface area contributed by atoms with Gasteiger partial charge in [0.2, 0.25) is 0 Å². The van der Waals surface area contributed by atoms with E-state index in [1.807, 2.05) is 13.8 Å². The molecule has 2 heteroatoms. The third-order valence-corrected chi connectivity index (χ3v) is 13.6. The summed E-state index contributed by atoms with van der Waals surface area (Å²) >= 11 is 0. The van der Waals surface area contributed by atoms with Gasteiger partial charge in [-0.1, -0.05) is 48.0 Å². The molecule has 0 amide bonds. The fourth-order valence-electron chi connectivity index (χ4n) is 12.2. The van der Waals surface area contributed by atoms with E-state index in [-0.39, 0.29) is 22.3 Å². The van der Waals surface area contributed by atoms with Crippen molar-refractivity contribution in [1.82, 2.24) is 0 Å². The highest BCUT2D eigenvalue weighted by atomic mass is 16.3. The maximum absolute atomic E-state index is 12.0. The van der Waals surface area contributed by atoms with Gasteiger partial charge in [-0.15, -0.1) is 0 Å². The molecule has 0 spiro atoms. The van der Waals surface area contributed by atoms with Crippen LogP contribution in [0.25, 0.3) is 0 Å². The average molecular weight is 445 g/mol. The number of hydrogen-bond acceptors (Lipinski definition) is 2. The highest BCUT2D eigenvalue weighted by molar-refractivity contribution is 5.21. The van der Waals surface area contributed by atoms with Crippen LogP contribution in [0.1, 0.15) is 120 Å². The van der Waals surface area contributed by atoms with Gasteiger partial charge in [0.25, 0.3) is 0 Å². The Bertz CT molecular complexity index is 765. The molecule has 2 N–H and O–H groups in total. The van der Waals surface area contributed by atoms with Gasteiger partial charge in [-0.3, -0.25) is 0 Å². The summed E-state index contributed by atoms with van der Waals surface area (Å²) in [6.07, 6.45) is 12.4. The Morgan fingerprint density at radius 2 is 1.38 bits per heavy atom. The van der Waals surface area contributed by atoms with Crippen molar-refractivity contribution in [2.75, 3.05) is 0 Å². The Labute approximate surface area is 198 Å². The third kappa shape index (κ3) is 2.78. The molecular formula is C30H52O2. The van der Waals surface area contributed by atoms with E-state index in [1.54, 1.807) is 0 Å². The molecule has 0 bridgehead atoms. The first-order valence-corrected chi connectivity index (χ1v) is 14.0. The van der Waals surface area contributed by atoms with Gasteiger partial charge < -0.3 is 10.2 Å². The van der Waals surface area contributed by atoms with Crippen molar-refractivity contribution < 1.29 is 10.2 Å². The Morgan fingerprint density at radius 3 is 2.03 bits per heavy atom. The molecule has 0 saturated heterocycles. The molecule has 5 aliphatic carbocycles. The third-order valence-electron chi connectivity index (χ3n) is 13.6. The van der Waals surface area contributed by atoms with Crippen molar-refractivity contribution >= 4 is 0 Å². The molecule has 5 aliphatic rings. The van der Waals surface area contributed by atoms with E-state index in [0.717, 1.165) is 18.8 Å². The molecule has 5 fully saturated rings. The van der Waals surface area contributed by atoms with Gasteiger partial charge in [-0.2, -0.15) is 0 Å². The van der Waals surface area contributed by atoms with Crippen molar-refractivity contribution in [1.29, 1.82) is 0 Å². The summed E-state index contributed by atoms with van der Waals surface area (Å²) in [5.41, 5.74) is 0.859. The summed E-state index contributed by atoms with van der Waals surface area (Å²) in [7, 11) is 0. The molecule has 5 rings (SSSR count). The van der Waals surface area contributed by atoms with Crippen LogP contribution >= 0.6 is 0 Å². The second-order valence-electron chi connectivity index (χ2n) is 15.6. The van der Waals surface area contributed by atoms with E-state index in [0.29, 0.717) is 34.5 Å². The summed E-state index contributed by atoms with van der Waals surface area (Å²) in [6, 6.07) is 0. The number of rotatable bonds is 1. The monoisotopic (exact) mass is 444 g/mol. The van der Waals surface area contributed by atoms with Crippen LogP contribution in [0.2, 0.25) is 0 Å². The molecular weight excluding hydrogens is 392 g/mol. The minimum atomic E-state index is -0.588. The molecule has 5 saturated carbocycles. The maximum Gasteiger partial charge on any atom is 0.0622 e. The highest BCUT2D eigenvalue weighted by Gasteiger charge is 2.72. The molecule has 0 aromatic carbocycles. The van der Waals surface area contributed by atoms with Gasteiger partial charge in [0.05, 0.1) is 11.7 Å². The standard InChI is InChI=1S/C30H52O2/c1-25(2)13-9-14-28(6)22(25)12-17-30(8)24(28)21(31)18-23-27(5)15-10-19(26(3,4)32)20(27)11-16-29(23,30)7/h19-24,31-32H,9-18H2,1-8H3/t19-,20-,21-,22-,23+,24+,27-,28-,29+,30+/m0/s1. The zero-order valence-corrected chi connectivity index (χ0v) is 22.4. The van der Waals surface area contributed by atoms with Gasteiger partial charge in [0.1, 0.15) is 0 Å². The SMILES string of the molecule is CC(C)(O)[C@H]1CC[C@]2(C)[C@H]3C[C@H](O)[C@@H]4[C@@]5(C)CCCC(C)(C)[C@@H]5CC[C@@]4(C)[C@]3(C)CC[C@@H]12. The highest BCUT2D eigenvalue weighted by Crippen LogP contribution is 2.78. The molecule has 0 unspecified atom stereocenters. The normalized spacial score (nSPS) is 57.2. The van der Waals surface area contributed by atoms with E-state index >= 15 is 0 Å².